The van der Waals surface area contributed by atoms with Crippen molar-refractivity contribution in [3.63, 3.8) is 0 Å². The minimum atomic E-state index is -0.174. The molecule has 1 unspecified atom stereocenters. The number of nitrogens with zero attached hydrogens (tertiary/aromatic N) is 4. The van der Waals surface area contributed by atoms with Gasteiger partial charge in [-0.2, -0.15) is 0 Å². The first kappa shape index (κ1) is 17.7. The fourth-order valence-electron chi connectivity index (χ4n) is 3.41. The van der Waals surface area contributed by atoms with Gasteiger partial charge >= 0.3 is 6.03 Å². The molecule has 0 spiro atoms. The largest absolute Gasteiger partial charge is 0.336 e. The number of hydrogen-bond acceptors (Lipinski definition) is 4. The number of carbonyl (C=O) groups is 1. The van der Waals surface area contributed by atoms with Crippen molar-refractivity contribution in [2.45, 2.75) is 57.0 Å². The third-order valence-electron chi connectivity index (χ3n) is 5.04. The number of carbonyl (C=O) groups excluding carboxylic acids is 1. The molecular weight excluding hydrogens is 292 g/mol. The van der Waals surface area contributed by atoms with E-state index in [4.69, 9.17) is 0 Å². The quantitative estimate of drug-likeness (QED) is 0.811. The van der Waals surface area contributed by atoms with Gasteiger partial charge in [-0.05, 0) is 33.9 Å². The van der Waals surface area contributed by atoms with E-state index in [-0.39, 0.29) is 17.6 Å². The highest BCUT2D eigenvalue weighted by Gasteiger charge is 2.33. The fourth-order valence-corrected chi connectivity index (χ4v) is 3.41. The van der Waals surface area contributed by atoms with E-state index in [1.165, 1.54) is 25.7 Å². The monoisotopic (exact) mass is 322 g/mol. The van der Waals surface area contributed by atoms with E-state index < -0.39 is 0 Å². The highest BCUT2D eigenvalue weighted by Crippen LogP contribution is 2.30. The molecule has 1 aliphatic carbocycles. The van der Waals surface area contributed by atoms with Gasteiger partial charge in [0.05, 0.1) is 6.04 Å². The van der Waals surface area contributed by atoms with Gasteiger partial charge in [-0.15, -0.1) is 10.2 Å². The minimum Gasteiger partial charge on any atom is -0.336 e. The molecule has 0 radical (unpaired) electrons. The topological polar surface area (TPSA) is 75.1 Å². The molecule has 7 nitrogen and oxygen atoms in total. The summed E-state index contributed by atoms with van der Waals surface area (Å²) in [6.45, 7) is 2.59. The van der Waals surface area contributed by atoms with Crippen molar-refractivity contribution in [2.24, 2.45) is 7.05 Å². The molecular formula is C16H30N6O. The third kappa shape index (κ3) is 4.43. The molecule has 1 aromatic rings. The highest BCUT2D eigenvalue weighted by atomic mass is 16.2. The lowest BCUT2D eigenvalue weighted by Crippen LogP contribution is -2.54. The van der Waals surface area contributed by atoms with Crippen LogP contribution in [0.4, 0.5) is 4.79 Å². The number of rotatable bonds is 5. The van der Waals surface area contributed by atoms with Crippen LogP contribution < -0.4 is 10.6 Å². The fraction of sp³-hybridized carbons (Fsp3) is 0.812. The van der Waals surface area contributed by atoms with E-state index in [9.17, 15) is 4.79 Å². The third-order valence-corrected chi connectivity index (χ3v) is 5.04. The zero-order chi connectivity index (χ0) is 16.9. The maximum Gasteiger partial charge on any atom is 0.315 e. The summed E-state index contributed by atoms with van der Waals surface area (Å²) in [5.74, 6) is 0.747. The second-order valence-corrected chi connectivity index (χ2v) is 6.88. The van der Waals surface area contributed by atoms with Crippen molar-refractivity contribution in [2.75, 3.05) is 20.6 Å². The molecule has 7 heteroatoms. The molecule has 1 saturated carbocycles. The number of aryl methyl sites for hydroxylation is 1. The van der Waals surface area contributed by atoms with Crippen molar-refractivity contribution in [1.29, 1.82) is 0 Å². The van der Waals surface area contributed by atoms with Gasteiger partial charge in [0, 0.05) is 19.1 Å². The maximum absolute atomic E-state index is 12.3. The van der Waals surface area contributed by atoms with Crippen molar-refractivity contribution < 1.29 is 4.79 Å². The van der Waals surface area contributed by atoms with Gasteiger partial charge in [0.25, 0.3) is 0 Å². The molecule has 1 aromatic heterocycles. The van der Waals surface area contributed by atoms with Gasteiger partial charge in [-0.25, -0.2) is 4.79 Å². The summed E-state index contributed by atoms with van der Waals surface area (Å²) in [7, 11) is 6.11. The van der Waals surface area contributed by atoms with Crippen LogP contribution in [0.15, 0.2) is 6.33 Å². The number of aromatic nitrogens is 3. The van der Waals surface area contributed by atoms with Crippen LogP contribution in [0, 0.1) is 0 Å². The van der Waals surface area contributed by atoms with Crippen molar-refractivity contribution >= 4 is 6.03 Å². The Kier molecular flexibility index (Phi) is 5.98. The van der Waals surface area contributed by atoms with Gasteiger partial charge in [0.1, 0.15) is 6.33 Å². The Morgan fingerprint density at radius 3 is 2.52 bits per heavy atom. The van der Waals surface area contributed by atoms with Crippen molar-refractivity contribution in [3.05, 3.63) is 12.2 Å². The Labute approximate surface area is 138 Å². The van der Waals surface area contributed by atoms with Gasteiger partial charge < -0.3 is 20.1 Å². The molecule has 1 atom stereocenters. The Bertz CT molecular complexity index is 504. The first-order valence-electron chi connectivity index (χ1n) is 8.50. The Hall–Kier alpha value is -1.63. The molecule has 1 aliphatic rings. The Morgan fingerprint density at radius 1 is 1.35 bits per heavy atom. The maximum atomic E-state index is 12.3. The average Bonchev–Trinajstić information content (AvgIpc) is 2.79. The minimum absolute atomic E-state index is 0.0713. The summed E-state index contributed by atoms with van der Waals surface area (Å²) in [4.78, 5) is 14.5. The van der Waals surface area contributed by atoms with Gasteiger partial charge in [-0.1, -0.05) is 25.7 Å². The number of likely N-dealkylation sites (N-methyl/N-ethyl adjacent to an activating group) is 1. The normalized spacial score (nSPS) is 19.2. The second-order valence-electron chi connectivity index (χ2n) is 6.88. The summed E-state index contributed by atoms with van der Waals surface area (Å²) >= 11 is 0. The predicted molar refractivity (Wildman–Crippen MR) is 90.1 cm³/mol. The number of hydrogen-bond donors (Lipinski definition) is 2. The molecule has 0 saturated heterocycles. The summed E-state index contributed by atoms with van der Waals surface area (Å²) in [5.41, 5.74) is 0.0713. The predicted octanol–water partition coefficient (Wildman–Crippen LogP) is 1.83. The Balaban J connectivity index is 1.90. The summed E-state index contributed by atoms with van der Waals surface area (Å²) in [6, 6.07) is -0.321. The number of amides is 2. The number of urea groups is 1. The SMILES string of the molecule is CC(NC(=O)NCC1(N(C)C)CCCCCC1)c1nncn1C. The van der Waals surface area contributed by atoms with E-state index in [0.29, 0.717) is 6.54 Å². The lowest BCUT2D eigenvalue weighted by molar-refractivity contribution is 0.127. The van der Waals surface area contributed by atoms with Crippen molar-refractivity contribution in [1.82, 2.24) is 30.3 Å². The molecule has 130 valence electrons. The van der Waals surface area contributed by atoms with Crippen LogP contribution in [0.25, 0.3) is 0 Å². The average molecular weight is 322 g/mol. The molecule has 0 bridgehead atoms. The molecule has 0 aliphatic heterocycles. The van der Waals surface area contributed by atoms with Crippen LogP contribution in [0.5, 0.6) is 0 Å². The molecule has 2 rings (SSSR count). The molecule has 23 heavy (non-hydrogen) atoms. The van der Waals surface area contributed by atoms with Crippen molar-refractivity contribution in [3.8, 4) is 0 Å². The second kappa shape index (κ2) is 7.77. The zero-order valence-electron chi connectivity index (χ0n) is 14.8. The summed E-state index contributed by atoms with van der Waals surface area (Å²) < 4.78 is 1.82. The smallest absolute Gasteiger partial charge is 0.315 e. The van der Waals surface area contributed by atoms with Gasteiger partial charge in [0.15, 0.2) is 5.82 Å². The lowest BCUT2D eigenvalue weighted by atomic mass is 9.89. The zero-order valence-corrected chi connectivity index (χ0v) is 14.8. The van der Waals surface area contributed by atoms with E-state index in [0.717, 1.165) is 18.7 Å². The number of nitrogens with one attached hydrogen (secondary N) is 2. The molecule has 0 aromatic carbocycles. The lowest BCUT2D eigenvalue weighted by Gasteiger charge is -2.39. The van der Waals surface area contributed by atoms with Gasteiger partial charge in [0.2, 0.25) is 0 Å². The molecule has 2 amide bonds. The molecule has 2 N–H and O–H groups in total. The van der Waals surface area contributed by atoms with Crippen LogP contribution in [-0.2, 0) is 7.05 Å². The van der Waals surface area contributed by atoms with Gasteiger partial charge in [-0.3, -0.25) is 0 Å². The molecule has 1 fully saturated rings. The summed E-state index contributed by atoms with van der Waals surface area (Å²) in [5, 5.41) is 13.9. The summed E-state index contributed by atoms with van der Waals surface area (Å²) in [6.07, 6.45) is 8.97. The van der Waals surface area contributed by atoms with E-state index in [1.54, 1.807) is 6.33 Å². The van der Waals surface area contributed by atoms with Crippen LogP contribution >= 0.6 is 0 Å². The van der Waals surface area contributed by atoms with Crippen LogP contribution in [0.3, 0.4) is 0 Å². The van der Waals surface area contributed by atoms with Crippen LogP contribution in [-0.4, -0.2) is 51.9 Å². The first-order chi connectivity index (χ1) is 10.9. The van der Waals surface area contributed by atoms with E-state index >= 15 is 0 Å². The first-order valence-corrected chi connectivity index (χ1v) is 8.50. The molecule has 1 heterocycles. The van der Waals surface area contributed by atoms with Crippen LogP contribution in [0.2, 0.25) is 0 Å². The van der Waals surface area contributed by atoms with E-state index in [2.05, 4.69) is 39.8 Å². The standard InChI is InChI=1S/C16H30N6O/c1-13(14-20-18-12-22(14)4)19-15(23)17-11-16(21(2)3)9-7-5-6-8-10-16/h12-13H,5-11H2,1-4H3,(H2,17,19,23). The highest BCUT2D eigenvalue weighted by molar-refractivity contribution is 5.74. The van der Waals surface area contributed by atoms with E-state index in [1.807, 2.05) is 18.5 Å². The van der Waals surface area contributed by atoms with Crippen LogP contribution in [0.1, 0.15) is 57.3 Å². The Morgan fingerprint density at radius 2 is 2.00 bits per heavy atom.